The van der Waals surface area contributed by atoms with Crippen LogP contribution in [-0.4, -0.2) is 56.2 Å². The third kappa shape index (κ3) is 3.79. The van der Waals surface area contributed by atoms with E-state index in [1.165, 1.54) is 14.2 Å². The van der Waals surface area contributed by atoms with Crippen molar-refractivity contribution in [1.82, 2.24) is 4.90 Å². The molecule has 7 nitrogen and oxygen atoms in total. The molecule has 0 radical (unpaired) electrons. The molecule has 1 heterocycles. The summed E-state index contributed by atoms with van der Waals surface area (Å²) in [7, 11) is 4.67. The van der Waals surface area contributed by atoms with Gasteiger partial charge in [0.25, 0.3) is 11.8 Å². The number of rotatable bonds is 7. The zero-order valence-corrected chi connectivity index (χ0v) is 17.1. The van der Waals surface area contributed by atoms with E-state index in [-0.39, 0.29) is 24.4 Å². The minimum Gasteiger partial charge on any atom is -0.493 e. The van der Waals surface area contributed by atoms with Crippen LogP contribution in [0.2, 0.25) is 5.02 Å². The molecule has 0 bridgehead atoms. The first-order valence-electron chi connectivity index (χ1n) is 8.86. The van der Waals surface area contributed by atoms with Gasteiger partial charge >= 0.3 is 0 Å². The van der Waals surface area contributed by atoms with Crippen molar-refractivity contribution in [3.8, 4) is 11.5 Å². The van der Waals surface area contributed by atoms with E-state index < -0.39 is 11.8 Å². The van der Waals surface area contributed by atoms with Gasteiger partial charge in [-0.2, -0.15) is 0 Å². The molecule has 3 rings (SSSR count). The molecule has 0 aliphatic carbocycles. The molecule has 1 N–H and O–H groups in total. The minimum atomic E-state index is -0.474. The number of hydrogen-bond acceptors (Lipinski definition) is 6. The number of aliphatic hydroxyl groups excluding tert-OH is 1. The number of carbonyl (C=O) groups is 2. The summed E-state index contributed by atoms with van der Waals surface area (Å²) in [5.74, 6) is 0.00249. The molecule has 1 aliphatic rings. The number of hydrogen-bond donors (Lipinski definition) is 1. The van der Waals surface area contributed by atoms with Crippen LogP contribution >= 0.6 is 11.6 Å². The van der Waals surface area contributed by atoms with Gasteiger partial charge in [0.05, 0.1) is 32.1 Å². The fourth-order valence-corrected chi connectivity index (χ4v) is 3.34. The number of imide groups is 1. The summed E-state index contributed by atoms with van der Waals surface area (Å²) in [6, 6.07) is 11.5. The number of halogens is 1. The predicted molar refractivity (Wildman–Crippen MR) is 110 cm³/mol. The van der Waals surface area contributed by atoms with E-state index >= 15 is 0 Å². The molecule has 0 saturated carbocycles. The smallest absolute Gasteiger partial charge is 0.282 e. The van der Waals surface area contributed by atoms with E-state index in [4.69, 9.17) is 21.1 Å². The third-order valence-corrected chi connectivity index (χ3v) is 4.89. The number of methoxy groups -OCH3 is 2. The van der Waals surface area contributed by atoms with Gasteiger partial charge in [-0.25, -0.2) is 4.90 Å². The van der Waals surface area contributed by atoms with Crippen molar-refractivity contribution in [2.24, 2.45) is 0 Å². The van der Waals surface area contributed by atoms with Gasteiger partial charge in [0.15, 0.2) is 11.5 Å². The van der Waals surface area contributed by atoms with Gasteiger partial charge in [-0.1, -0.05) is 17.7 Å². The maximum Gasteiger partial charge on any atom is 0.282 e. The molecule has 2 aromatic rings. The quantitative estimate of drug-likeness (QED) is 0.699. The van der Waals surface area contributed by atoms with Crippen LogP contribution in [0.15, 0.2) is 48.2 Å². The fraction of sp³-hybridized carbons (Fsp3) is 0.238. The van der Waals surface area contributed by atoms with Crippen molar-refractivity contribution in [1.29, 1.82) is 0 Å². The standard InChI is InChI=1S/C21H21ClN2O5/c1-23(10-11-25)19-18(13-4-9-16(28-2)17(12-13)29-3)20(26)24(21(19)27)15-7-5-14(22)6-8-15/h4-9,12,25H,10-11H2,1-3H3. The lowest BCUT2D eigenvalue weighted by molar-refractivity contribution is -0.120. The van der Waals surface area contributed by atoms with Gasteiger partial charge in [0.2, 0.25) is 0 Å². The Kier molecular flexibility index (Phi) is 6.10. The van der Waals surface area contributed by atoms with Crippen LogP contribution in [0.3, 0.4) is 0 Å². The maximum atomic E-state index is 13.3. The van der Waals surface area contributed by atoms with Gasteiger partial charge in [-0.05, 0) is 42.0 Å². The molecule has 0 spiro atoms. The second kappa shape index (κ2) is 8.55. The average molecular weight is 417 g/mol. The zero-order chi connectivity index (χ0) is 21.1. The Morgan fingerprint density at radius 2 is 1.66 bits per heavy atom. The number of nitrogens with zero attached hydrogens (tertiary/aromatic N) is 2. The fourth-order valence-electron chi connectivity index (χ4n) is 3.21. The van der Waals surface area contributed by atoms with Crippen LogP contribution in [0.25, 0.3) is 5.57 Å². The van der Waals surface area contributed by atoms with E-state index in [0.717, 1.165) is 4.90 Å². The number of ether oxygens (including phenoxy) is 2. The lowest BCUT2D eigenvalue weighted by Crippen LogP contribution is -2.34. The minimum absolute atomic E-state index is 0.165. The number of benzene rings is 2. The normalized spacial score (nSPS) is 13.9. The van der Waals surface area contributed by atoms with Gasteiger partial charge in [-0.3, -0.25) is 9.59 Å². The summed E-state index contributed by atoms with van der Waals surface area (Å²) < 4.78 is 10.6. The highest BCUT2D eigenvalue weighted by molar-refractivity contribution is 6.45. The van der Waals surface area contributed by atoms with Gasteiger partial charge in [0.1, 0.15) is 5.70 Å². The molecule has 1 aliphatic heterocycles. The summed E-state index contributed by atoms with van der Waals surface area (Å²) in [5, 5.41) is 9.84. The Morgan fingerprint density at radius 1 is 1.00 bits per heavy atom. The zero-order valence-electron chi connectivity index (χ0n) is 16.3. The van der Waals surface area contributed by atoms with Crippen LogP contribution in [0.4, 0.5) is 5.69 Å². The van der Waals surface area contributed by atoms with Gasteiger partial charge < -0.3 is 19.5 Å². The summed E-state index contributed by atoms with van der Waals surface area (Å²) >= 11 is 5.94. The first kappa shape index (κ1) is 20.7. The molecular weight excluding hydrogens is 396 g/mol. The maximum absolute atomic E-state index is 13.3. The van der Waals surface area contributed by atoms with E-state index in [9.17, 15) is 14.7 Å². The van der Waals surface area contributed by atoms with Crippen LogP contribution < -0.4 is 14.4 Å². The van der Waals surface area contributed by atoms with Crippen molar-refractivity contribution >= 4 is 34.7 Å². The number of amides is 2. The van der Waals surface area contributed by atoms with Crippen LogP contribution in [0.1, 0.15) is 5.56 Å². The van der Waals surface area contributed by atoms with Gasteiger partial charge in [0, 0.05) is 18.6 Å². The molecule has 8 heteroatoms. The van der Waals surface area contributed by atoms with Crippen molar-refractivity contribution in [2.45, 2.75) is 0 Å². The first-order chi connectivity index (χ1) is 13.9. The highest BCUT2D eigenvalue weighted by Crippen LogP contribution is 2.37. The Hall–Kier alpha value is -3.03. The number of aliphatic hydroxyl groups is 1. The molecule has 152 valence electrons. The average Bonchev–Trinajstić information content (AvgIpc) is 2.98. The highest BCUT2D eigenvalue weighted by atomic mass is 35.5. The van der Waals surface area contributed by atoms with Crippen LogP contribution in [0.5, 0.6) is 11.5 Å². The Morgan fingerprint density at radius 3 is 2.24 bits per heavy atom. The summed E-state index contributed by atoms with van der Waals surface area (Å²) in [6.45, 7) is 0.0290. The van der Waals surface area contributed by atoms with Crippen molar-refractivity contribution in [3.63, 3.8) is 0 Å². The van der Waals surface area contributed by atoms with E-state index in [0.29, 0.717) is 27.8 Å². The molecule has 2 aromatic carbocycles. The van der Waals surface area contributed by atoms with Crippen molar-refractivity contribution in [2.75, 3.05) is 39.3 Å². The second-order valence-electron chi connectivity index (χ2n) is 6.36. The largest absolute Gasteiger partial charge is 0.493 e. The molecule has 0 saturated heterocycles. The van der Waals surface area contributed by atoms with Crippen molar-refractivity contribution in [3.05, 3.63) is 58.7 Å². The molecular formula is C21H21ClN2O5. The third-order valence-electron chi connectivity index (χ3n) is 4.63. The molecule has 2 amide bonds. The van der Waals surface area contributed by atoms with Crippen LogP contribution in [-0.2, 0) is 9.59 Å². The summed E-state index contributed by atoms with van der Waals surface area (Å²) in [5.41, 5.74) is 1.35. The number of likely N-dealkylation sites (N-methyl/N-ethyl adjacent to an activating group) is 1. The second-order valence-corrected chi connectivity index (χ2v) is 6.80. The Labute approximate surface area is 173 Å². The van der Waals surface area contributed by atoms with E-state index in [2.05, 4.69) is 0 Å². The SMILES string of the molecule is COc1ccc(C2=C(N(C)CCO)C(=O)N(c3ccc(Cl)cc3)C2=O)cc1OC. The topological polar surface area (TPSA) is 79.3 Å². The highest BCUT2D eigenvalue weighted by Gasteiger charge is 2.41. The van der Waals surface area contributed by atoms with E-state index in [1.807, 2.05) is 0 Å². The Bertz CT molecular complexity index is 972. The monoisotopic (exact) mass is 416 g/mol. The van der Waals surface area contributed by atoms with E-state index in [1.54, 1.807) is 54.4 Å². The number of anilines is 1. The lowest BCUT2D eigenvalue weighted by atomic mass is 10.0. The lowest BCUT2D eigenvalue weighted by Gasteiger charge is -2.20. The molecule has 0 aromatic heterocycles. The van der Waals surface area contributed by atoms with Crippen molar-refractivity contribution < 1.29 is 24.2 Å². The molecule has 0 unspecified atom stereocenters. The van der Waals surface area contributed by atoms with Gasteiger partial charge in [-0.15, -0.1) is 0 Å². The first-order valence-corrected chi connectivity index (χ1v) is 9.23. The summed E-state index contributed by atoms with van der Waals surface area (Å²) in [4.78, 5) is 29.2. The Balaban J connectivity index is 2.15. The van der Waals surface area contributed by atoms with Crippen LogP contribution in [0, 0.1) is 0 Å². The predicted octanol–water partition coefficient (Wildman–Crippen LogP) is 2.57. The molecule has 29 heavy (non-hydrogen) atoms. The number of carbonyl (C=O) groups excluding carboxylic acids is 2. The molecule has 0 atom stereocenters. The molecule has 0 fully saturated rings. The summed E-state index contributed by atoms with van der Waals surface area (Å²) in [6.07, 6.45) is 0.